The van der Waals surface area contributed by atoms with Gasteiger partial charge in [-0.05, 0) is 25.7 Å². The molecule has 0 spiro atoms. The van der Waals surface area contributed by atoms with Gasteiger partial charge in [-0.15, -0.1) is 16.8 Å². The van der Waals surface area contributed by atoms with Crippen molar-refractivity contribution in [3.8, 4) is 0 Å². The third kappa shape index (κ3) is 5.54. The first-order chi connectivity index (χ1) is 9.61. The summed E-state index contributed by atoms with van der Waals surface area (Å²) in [5.41, 5.74) is -0.218. The van der Waals surface area contributed by atoms with Crippen LogP contribution in [0.5, 0.6) is 0 Å². The Morgan fingerprint density at radius 1 is 1.22 bits per heavy atom. The Balaban J connectivity index is 0.00000242. The van der Waals surface area contributed by atoms with E-state index in [2.05, 4.69) is 11.4 Å². The summed E-state index contributed by atoms with van der Waals surface area (Å²) in [5.74, 6) is -0.0549. The molecule has 1 N–H and O–H groups in total. The molecule has 0 unspecified atom stereocenters. The van der Waals surface area contributed by atoms with E-state index in [-0.39, 0.29) is 69.8 Å². The van der Waals surface area contributed by atoms with Crippen molar-refractivity contribution in [1.82, 2.24) is 0 Å². The first-order valence-corrected chi connectivity index (χ1v) is 7.71. The molecule has 0 atom stereocenters. The van der Waals surface area contributed by atoms with Gasteiger partial charge in [0.25, 0.3) is 0 Å². The number of carbonyl (C=O) groups excluding carboxylic acids is 1. The molecular formula is C15H15NNa2O4S. The molecule has 5 nitrogen and oxygen atoms in total. The zero-order chi connectivity index (χ0) is 15.8. The molecule has 0 aliphatic rings. The number of hydrogen-bond acceptors (Lipinski definition) is 5. The van der Waals surface area contributed by atoms with E-state index >= 15 is 0 Å². The molecule has 0 heterocycles. The Labute approximate surface area is 180 Å². The van der Waals surface area contributed by atoms with Gasteiger partial charge in [-0.1, -0.05) is 12.1 Å². The molecule has 0 fully saturated rings. The number of fused-ring (bicyclic) bond motifs is 1. The third-order valence-electron chi connectivity index (χ3n) is 3.38. The SMILES string of the molecule is CC(=O)C(C)(C)Nc1ccc2c[c-]cc(S(=O)(=O)[O-])c2c1.[Na+].[Na+]. The summed E-state index contributed by atoms with van der Waals surface area (Å²) >= 11 is 0. The number of hydrogen-bond donors (Lipinski definition) is 1. The first kappa shape index (κ1) is 23.1. The van der Waals surface area contributed by atoms with Gasteiger partial charge in [-0.2, -0.15) is 18.2 Å². The number of rotatable bonds is 4. The molecule has 2 aromatic carbocycles. The van der Waals surface area contributed by atoms with Crippen molar-refractivity contribution in [3.05, 3.63) is 36.4 Å². The second kappa shape index (κ2) is 8.45. The van der Waals surface area contributed by atoms with Crippen LogP contribution in [0.1, 0.15) is 20.8 Å². The second-order valence-electron chi connectivity index (χ2n) is 5.38. The van der Waals surface area contributed by atoms with Crippen LogP contribution in [0.3, 0.4) is 0 Å². The molecule has 0 radical (unpaired) electrons. The van der Waals surface area contributed by atoms with Crippen LogP contribution in [0.4, 0.5) is 5.69 Å². The van der Waals surface area contributed by atoms with Crippen molar-refractivity contribution in [2.24, 2.45) is 0 Å². The Bertz CT molecular complexity index is 819. The summed E-state index contributed by atoms with van der Waals surface area (Å²) in [5, 5.41) is 3.94. The van der Waals surface area contributed by atoms with Gasteiger partial charge in [0.1, 0.15) is 0 Å². The number of nitrogens with one attached hydrogen (secondary N) is 1. The van der Waals surface area contributed by atoms with Crippen molar-refractivity contribution in [2.75, 3.05) is 5.32 Å². The fourth-order valence-electron chi connectivity index (χ4n) is 1.91. The van der Waals surface area contributed by atoms with E-state index in [1.54, 1.807) is 38.1 Å². The largest absolute Gasteiger partial charge is 1.00 e. The van der Waals surface area contributed by atoms with E-state index in [0.717, 1.165) is 6.07 Å². The topological polar surface area (TPSA) is 86.3 Å². The predicted octanol–water partition coefficient (Wildman–Crippen LogP) is -3.67. The van der Waals surface area contributed by atoms with E-state index in [9.17, 15) is 17.8 Å². The van der Waals surface area contributed by atoms with Crippen molar-refractivity contribution in [3.63, 3.8) is 0 Å². The maximum absolute atomic E-state index is 11.5. The van der Waals surface area contributed by atoms with Crippen LogP contribution in [-0.4, -0.2) is 24.3 Å². The van der Waals surface area contributed by atoms with Crippen LogP contribution in [-0.2, 0) is 14.9 Å². The van der Waals surface area contributed by atoms with Crippen LogP contribution in [0.2, 0.25) is 0 Å². The van der Waals surface area contributed by atoms with E-state index in [0.29, 0.717) is 16.5 Å². The van der Waals surface area contributed by atoms with Gasteiger partial charge < -0.3 is 9.87 Å². The smallest absolute Gasteiger partial charge is 0.754 e. The molecule has 23 heavy (non-hydrogen) atoms. The minimum atomic E-state index is -4.58. The van der Waals surface area contributed by atoms with Crippen molar-refractivity contribution in [2.45, 2.75) is 31.2 Å². The molecule has 0 aromatic heterocycles. The molecule has 0 aliphatic carbocycles. The van der Waals surface area contributed by atoms with E-state index < -0.39 is 15.7 Å². The summed E-state index contributed by atoms with van der Waals surface area (Å²) < 4.78 is 33.9. The average molecular weight is 351 g/mol. The van der Waals surface area contributed by atoms with E-state index in [1.807, 2.05) is 0 Å². The van der Waals surface area contributed by atoms with E-state index in [4.69, 9.17) is 0 Å². The van der Waals surface area contributed by atoms with Crippen LogP contribution in [0, 0.1) is 6.07 Å². The first-order valence-electron chi connectivity index (χ1n) is 6.30. The third-order valence-corrected chi connectivity index (χ3v) is 4.25. The van der Waals surface area contributed by atoms with Gasteiger partial charge in [0.2, 0.25) is 0 Å². The van der Waals surface area contributed by atoms with E-state index in [1.165, 1.54) is 6.92 Å². The van der Waals surface area contributed by atoms with Gasteiger partial charge in [-0.3, -0.25) is 13.2 Å². The van der Waals surface area contributed by atoms with Gasteiger partial charge >= 0.3 is 59.1 Å². The standard InChI is InChI=1S/C15H16NO4S.2Na/c1-10(17)15(2,3)16-12-8-7-11-5-4-6-14(13(11)9-12)21(18,19)20;;/h5-9,16H,1-3H3,(H,18,19,20);;/q-1;2*+1/p-1. The summed E-state index contributed by atoms with van der Waals surface area (Å²) in [6.45, 7) is 4.92. The zero-order valence-electron chi connectivity index (χ0n) is 13.9. The quantitative estimate of drug-likeness (QED) is 0.349. The van der Waals surface area contributed by atoms with Gasteiger partial charge in [-0.25, -0.2) is 0 Å². The molecule has 0 saturated carbocycles. The van der Waals surface area contributed by atoms with Crippen LogP contribution < -0.4 is 64.4 Å². The molecule has 0 saturated heterocycles. The summed E-state index contributed by atoms with van der Waals surface area (Å²) in [7, 11) is -4.58. The zero-order valence-corrected chi connectivity index (χ0v) is 18.7. The maximum atomic E-state index is 11.5. The summed E-state index contributed by atoms with van der Waals surface area (Å²) in [4.78, 5) is 11.2. The van der Waals surface area contributed by atoms with Crippen molar-refractivity contribution >= 4 is 32.4 Å². The second-order valence-corrected chi connectivity index (χ2v) is 6.73. The molecule has 112 valence electrons. The average Bonchev–Trinajstić information content (AvgIpc) is 2.36. The van der Waals surface area contributed by atoms with Crippen molar-refractivity contribution < 1.29 is 76.9 Å². The number of benzene rings is 2. The normalized spacial score (nSPS) is 11.3. The Morgan fingerprint density at radius 3 is 2.35 bits per heavy atom. The fourth-order valence-corrected chi connectivity index (χ4v) is 2.57. The summed E-state index contributed by atoms with van der Waals surface area (Å²) in [6.07, 6.45) is 0. The molecule has 0 amide bonds. The van der Waals surface area contributed by atoms with Crippen LogP contribution in [0.15, 0.2) is 35.2 Å². The maximum Gasteiger partial charge on any atom is 1.00 e. The minimum absolute atomic E-state index is 0. The molecule has 2 rings (SSSR count). The Morgan fingerprint density at radius 2 is 1.83 bits per heavy atom. The molecule has 8 heteroatoms. The molecule has 2 aromatic rings. The monoisotopic (exact) mass is 351 g/mol. The minimum Gasteiger partial charge on any atom is -0.754 e. The number of carbonyl (C=O) groups is 1. The van der Waals surface area contributed by atoms with Gasteiger partial charge in [0.15, 0.2) is 5.78 Å². The van der Waals surface area contributed by atoms with Gasteiger partial charge in [0.05, 0.1) is 15.7 Å². The Kier molecular flexibility index (Phi) is 8.48. The Hall–Kier alpha value is 0.0800. The van der Waals surface area contributed by atoms with Crippen LogP contribution in [0.25, 0.3) is 10.8 Å². The van der Waals surface area contributed by atoms with Gasteiger partial charge in [0, 0.05) is 5.69 Å². The van der Waals surface area contributed by atoms with Crippen LogP contribution >= 0.6 is 0 Å². The number of anilines is 1. The molecule has 0 bridgehead atoms. The molecular weight excluding hydrogens is 336 g/mol. The predicted molar refractivity (Wildman–Crippen MR) is 79.1 cm³/mol. The summed E-state index contributed by atoms with van der Waals surface area (Å²) in [6, 6.07) is 10.4. The fraction of sp³-hybridized carbons (Fsp3) is 0.267. The van der Waals surface area contributed by atoms with Crippen molar-refractivity contribution in [1.29, 1.82) is 0 Å². The number of Topliss-reactive ketones (excluding diaryl/α,β-unsaturated/α-hetero) is 1. The molecule has 0 aliphatic heterocycles. The number of ketones is 1.